The normalized spacial score (nSPS) is 58.9. The minimum atomic E-state index is -4.51. The highest BCUT2D eigenvalue weighted by Crippen LogP contribution is 2.12. The molecule has 4 nitrogen and oxygen atoms in total. The Labute approximate surface area is 136 Å². The van der Waals surface area contributed by atoms with E-state index < -0.39 is 97.2 Å². The molecule has 2 N–H and O–H groups in total. The summed E-state index contributed by atoms with van der Waals surface area (Å²) in [6, 6.07) is -10.4. The lowest BCUT2D eigenvalue weighted by Gasteiger charge is -2.32. The zero-order valence-electron chi connectivity index (χ0n) is 28.7. The van der Waals surface area contributed by atoms with Gasteiger partial charge in [0.05, 0.1) is 21.6 Å². The molecule has 0 aromatic heterocycles. The predicted molar refractivity (Wildman–Crippen MR) is 70.5 cm³/mol. The topological polar surface area (TPSA) is 50.4 Å². The fraction of sp³-hybridized carbons (Fsp3) is 0.500. The highest BCUT2D eigenvalue weighted by Gasteiger charge is 2.26. The van der Waals surface area contributed by atoms with Gasteiger partial charge in [0.2, 0.25) is 0 Å². The summed E-state index contributed by atoms with van der Waals surface area (Å²) in [4.78, 5) is 13.3. The van der Waals surface area contributed by atoms with Gasteiger partial charge >= 0.3 is 0 Å². The first kappa shape index (κ1) is 2.86. The molecule has 0 aliphatic carbocycles. The SMILES string of the molecule is [2H]c1c([2H])c([2H])c(C(=O)N([2H])C2([2H])C([2H])([2H])C([2H])([2H])N([2H])C([2H])([2H])C2([2H])C([2H])([2H])OC([2H])([2H])[2H])c([2H])c1[2H]. The quantitative estimate of drug-likeness (QED) is 0.858. The lowest BCUT2D eigenvalue weighted by Crippen LogP contribution is -2.50. The van der Waals surface area contributed by atoms with E-state index in [4.69, 9.17) is 27.5 Å². The van der Waals surface area contributed by atoms with Crippen molar-refractivity contribution in [3.63, 3.8) is 0 Å². The van der Waals surface area contributed by atoms with Crippen LogP contribution in [0.2, 0.25) is 2.82 Å². The summed E-state index contributed by atoms with van der Waals surface area (Å²) in [5, 5.41) is -1.90. The summed E-state index contributed by atoms with van der Waals surface area (Å²) < 4.78 is 163. The molecule has 1 heterocycles. The van der Waals surface area contributed by atoms with E-state index in [-0.39, 0.29) is 0 Å². The van der Waals surface area contributed by atoms with E-state index >= 15 is 0 Å². The monoisotopic (exact) mass is 268 g/mol. The zero-order valence-corrected chi connectivity index (χ0v) is 8.71. The van der Waals surface area contributed by atoms with Crippen LogP contribution in [-0.2, 0) is 4.74 Å². The average Bonchev–Trinajstić information content (AvgIpc) is 2.76. The van der Waals surface area contributed by atoms with Crippen molar-refractivity contribution in [3.05, 3.63) is 35.8 Å². The Bertz CT molecular complexity index is 1120. The Kier molecular flexibility index (Phi) is 1.04. The number of piperidine rings is 1. The van der Waals surface area contributed by atoms with Crippen molar-refractivity contribution in [1.82, 2.24) is 10.6 Å². The molecular formula is C14H20N2O2. The molecule has 2 rings (SSSR count). The van der Waals surface area contributed by atoms with Gasteiger partial charge in [-0.15, -0.1) is 0 Å². The molecule has 1 amide bonds. The maximum absolute atomic E-state index is 13.3. The molecule has 2 unspecified atom stereocenters. The second kappa shape index (κ2) is 6.52. The molecule has 0 bridgehead atoms. The van der Waals surface area contributed by atoms with Crippen molar-refractivity contribution >= 4 is 5.91 Å². The molecule has 2 atom stereocenters. The van der Waals surface area contributed by atoms with Gasteiger partial charge in [-0.1, -0.05) is 18.1 Å². The predicted octanol–water partition coefficient (Wildman–Crippen LogP) is 1.04. The van der Waals surface area contributed by atoms with E-state index in [1.807, 2.05) is 0 Å². The molecule has 1 aliphatic rings. The van der Waals surface area contributed by atoms with Crippen LogP contribution in [0.1, 0.15) is 41.4 Å². The van der Waals surface area contributed by atoms with Crippen LogP contribution >= 0.6 is 0 Å². The van der Waals surface area contributed by atoms with Gasteiger partial charge in [-0.25, -0.2) is 0 Å². The summed E-state index contributed by atoms with van der Waals surface area (Å²) in [7, 11) is -3.81. The minimum Gasteiger partial charge on any atom is -0.384 e. The number of amides is 1. The average molecular weight is 268 g/mol. The maximum atomic E-state index is 13.3. The highest BCUT2D eigenvalue weighted by atomic mass is 16.5. The van der Waals surface area contributed by atoms with Crippen LogP contribution in [0, 0.1) is 5.89 Å². The summed E-state index contributed by atoms with van der Waals surface area (Å²) >= 11 is 0. The Hall–Kier alpha value is -1.39. The first-order valence-electron chi connectivity index (χ1n) is 14.4. The number of ether oxygens (including phenoxy) is 1. The number of benzene rings is 1. The molecular weight excluding hydrogens is 228 g/mol. The van der Waals surface area contributed by atoms with Crippen LogP contribution in [-0.4, -0.2) is 38.5 Å². The summed E-state index contributed by atoms with van der Waals surface area (Å²) in [5.41, 5.74) is -1.40. The van der Waals surface area contributed by atoms with Gasteiger partial charge in [0.1, 0.15) is 1.41 Å². The van der Waals surface area contributed by atoms with Gasteiger partial charge in [-0.2, -0.15) is 0 Å². The van der Waals surface area contributed by atoms with E-state index in [1.54, 1.807) is 0 Å². The van der Waals surface area contributed by atoms with E-state index in [1.165, 1.54) is 0 Å². The second-order valence-corrected chi connectivity index (χ2v) is 2.81. The second-order valence-electron chi connectivity index (χ2n) is 2.81. The number of hydrogen-bond donors (Lipinski definition) is 2. The van der Waals surface area contributed by atoms with Crippen molar-refractivity contribution in [2.24, 2.45) is 5.89 Å². The van der Waals surface area contributed by atoms with Crippen molar-refractivity contribution in [2.75, 3.05) is 26.6 Å². The van der Waals surface area contributed by atoms with Crippen molar-refractivity contribution in [2.45, 2.75) is 12.4 Å². The van der Waals surface area contributed by atoms with Gasteiger partial charge in [0.15, 0.2) is 1.41 Å². The lowest BCUT2D eigenvalue weighted by atomic mass is 9.94. The largest absolute Gasteiger partial charge is 0.384 e. The third kappa shape index (κ3) is 3.31. The van der Waals surface area contributed by atoms with Crippen molar-refractivity contribution in [1.29, 1.82) is 0 Å². The zero-order chi connectivity index (χ0) is 30.4. The van der Waals surface area contributed by atoms with Crippen LogP contribution in [0.3, 0.4) is 0 Å². The first-order chi connectivity index (χ1) is 16.6. The van der Waals surface area contributed by atoms with E-state index in [0.717, 1.165) is 0 Å². The Balaban J connectivity index is 3.06. The number of carbonyl (C=O) groups is 1. The summed E-state index contributed by atoms with van der Waals surface area (Å²) in [5.74, 6) is -6.70. The summed E-state index contributed by atoms with van der Waals surface area (Å²) in [6.45, 7) is -12.7. The molecule has 1 aromatic rings. The fourth-order valence-electron chi connectivity index (χ4n) is 1.00. The molecule has 1 saturated heterocycles. The molecule has 98 valence electrons. The number of nitrogens with one attached hydrogen (secondary N) is 2. The molecule has 1 aromatic carbocycles. The Morgan fingerprint density at radius 3 is 3.50 bits per heavy atom. The van der Waals surface area contributed by atoms with Crippen LogP contribution in [0.15, 0.2) is 30.2 Å². The minimum absolute atomic E-state index is 0.899. The molecule has 0 radical (unpaired) electrons. The Morgan fingerprint density at radius 1 is 1.89 bits per heavy atom. The van der Waals surface area contributed by atoms with Gasteiger partial charge < -0.3 is 15.4 Å². The third-order valence-electron chi connectivity index (χ3n) is 1.72. The van der Waals surface area contributed by atoms with Crippen LogP contribution < -0.4 is 10.6 Å². The van der Waals surface area contributed by atoms with E-state index in [0.29, 0.717) is 0 Å². The Morgan fingerprint density at radius 2 is 2.72 bits per heavy atom. The molecule has 18 heavy (non-hydrogen) atoms. The maximum Gasteiger partial charge on any atom is 0.251 e. The van der Waals surface area contributed by atoms with Crippen LogP contribution in [0.25, 0.3) is 0 Å². The standard InChI is InChI=1S/C14H20N2O2/c1-18-10-12-9-15-8-7-13(12)16-14(17)11-5-3-2-4-6-11/h2-6,12-13,15H,7-10H2,1H3,(H,16,17)/i1D3,2D,3D,4D,5D,6D,7D2,8D2,9D2,10D2,12D,13D/hD2. The molecule has 0 spiro atoms. The van der Waals surface area contributed by atoms with Crippen LogP contribution in [0.5, 0.6) is 0 Å². The molecule has 0 saturated carbocycles. The number of carbonyl (C=O) groups excluding carboxylic acids is 1. The van der Waals surface area contributed by atoms with Gasteiger partial charge in [-0.3, -0.25) is 4.79 Å². The molecule has 1 aliphatic heterocycles. The van der Waals surface area contributed by atoms with E-state index in [9.17, 15) is 4.79 Å². The van der Waals surface area contributed by atoms with Gasteiger partial charge in [0.25, 0.3) is 5.91 Å². The molecule has 4 heteroatoms. The summed E-state index contributed by atoms with van der Waals surface area (Å²) in [6.07, 6.45) is -4.30. The van der Waals surface area contributed by atoms with Crippen molar-refractivity contribution < 1.29 is 37.0 Å². The van der Waals surface area contributed by atoms with Gasteiger partial charge in [-0.05, 0) is 25.0 Å². The van der Waals surface area contributed by atoms with Crippen LogP contribution in [0.4, 0.5) is 0 Å². The van der Waals surface area contributed by atoms with Gasteiger partial charge in [0, 0.05) is 40.6 Å². The smallest absolute Gasteiger partial charge is 0.251 e. The highest BCUT2D eigenvalue weighted by molar-refractivity contribution is 5.94. The number of hydrogen-bond acceptors (Lipinski definition) is 3. The first-order valence-corrected chi connectivity index (χ1v) is 4.51. The number of methoxy groups -OCH3 is 1. The third-order valence-corrected chi connectivity index (χ3v) is 1.72. The lowest BCUT2D eigenvalue weighted by molar-refractivity contribution is 0.0839. The van der Waals surface area contributed by atoms with Crippen molar-refractivity contribution in [3.8, 4) is 0 Å². The number of rotatable bonds is 4. The fourth-order valence-corrected chi connectivity index (χ4v) is 1.00. The molecule has 1 fully saturated rings. The van der Waals surface area contributed by atoms with E-state index in [2.05, 4.69) is 4.74 Å².